The van der Waals surface area contributed by atoms with Gasteiger partial charge >= 0.3 is 0 Å². The number of carbonyl (C=O) groups excluding carboxylic acids is 1. The number of nitrogens with two attached hydrogens (primary N) is 1. The van der Waals surface area contributed by atoms with Crippen LogP contribution in [0.4, 0.5) is 21.6 Å². The maximum atomic E-state index is 13.4. The molecule has 0 spiro atoms. The molecule has 3 rings (SSSR count). The molecule has 10 heteroatoms. The molecule has 27 heavy (non-hydrogen) atoms. The Bertz CT molecular complexity index is 912. The molecule has 0 aliphatic carbocycles. The molecular formula is C17H19FN6O3. The van der Waals surface area contributed by atoms with Crippen molar-refractivity contribution in [3.63, 3.8) is 0 Å². The monoisotopic (exact) mass is 374 g/mol. The van der Waals surface area contributed by atoms with Gasteiger partial charge in [0.25, 0.3) is 11.6 Å². The van der Waals surface area contributed by atoms with Gasteiger partial charge in [0.05, 0.1) is 22.2 Å². The highest BCUT2D eigenvalue weighted by atomic mass is 19.1. The molecule has 0 saturated carbocycles. The normalized spacial score (nSPS) is 14.3. The lowest BCUT2D eigenvalue weighted by atomic mass is 10.1. The van der Waals surface area contributed by atoms with E-state index < -0.39 is 16.6 Å². The van der Waals surface area contributed by atoms with Gasteiger partial charge in [-0.1, -0.05) is 0 Å². The number of halogens is 1. The Kier molecular flexibility index (Phi) is 4.89. The molecule has 0 bridgehead atoms. The van der Waals surface area contributed by atoms with E-state index in [4.69, 9.17) is 5.73 Å². The predicted molar refractivity (Wildman–Crippen MR) is 97.5 cm³/mol. The Morgan fingerprint density at radius 2 is 1.81 bits per heavy atom. The molecule has 0 radical (unpaired) electrons. The summed E-state index contributed by atoms with van der Waals surface area (Å²) in [5.74, 6) is -0.809. The standard InChI is InChI=1S/C17H19FN6O3/c1-10-11(2)20-21-17(15(10)16(19)25)23-7-5-22(6-8-23)13-4-3-12(18)9-14(13)24(26)27/h3-4,9H,5-8H2,1-2H3,(H2,19,25). The first kappa shape index (κ1) is 18.5. The van der Waals surface area contributed by atoms with E-state index in [0.29, 0.717) is 54.5 Å². The third kappa shape index (κ3) is 3.50. The van der Waals surface area contributed by atoms with Gasteiger partial charge in [-0.15, -0.1) is 5.10 Å². The molecule has 2 heterocycles. The maximum Gasteiger partial charge on any atom is 0.295 e. The molecular weight excluding hydrogens is 355 g/mol. The molecule has 0 unspecified atom stereocenters. The van der Waals surface area contributed by atoms with Crippen LogP contribution in [-0.2, 0) is 0 Å². The highest BCUT2D eigenvalue weighted by molar-refractivity contribution is 5.99. The van der Waals surface area contributed by atoms with Crippen molar-refractivity contribution in [3.8, 4) is 0 Å². The van der Waals surface area contributed by atoms with E-state index in [9.17, 15) is 19.3 Å². The Labute approximate surface area is 154 Å². The van der Waals surface area contributed by atoms with Crippen LogP contribution < -0.4 is 15.5 Å². The second kappa shape index (κ2) is 7.14. The van der Waals surface area contributed by atoms with E-state index in [1.54, 1.807) is 13.8 Å². The molecule has 1 aromatic heterocycles. The number of nitrogens with zero attached hydrogens (tertiary/aromatic N) is 5. The molecule has 2 N–H and O–H groups in total. The minimum atomic E-state index is -0.652. The minimum Gasteiger partial charge on any atom is -0.365 e. The highest BCUT2D eigenvalue weighted by Crippen LogP contribution is 2.31. The number of hydrogen-bond donors (Lipinski definition) is 1. The summed E-state index contributed by atoms with van der Waals surface area (Å²) in [6.45, 7) is 5.34. The molecule has 9 nitrogen and oxygen atoms in total. The lowest BCUT2D eigenvalue weighted by molar-refractivity contribution is -0.384. The first-order chi connectivity index (χ1) is 12.8. The Hall–Kier alpha value is -3.30. The first-order valence-electron chi connectivity index (χ1n) is 8.37. The van der Waals surface area contributed by atoms with Gasteiger partial charge in [-0.2, -0.15) is 5.10 Å². The van der Waals surface area contributed by atoms with Gasteiger partial charge in [0.1, 0.15) is 11.5 Å². The fourth-order valence-electron chi connectivity index (χ4n) is 3.18. The predicted octanol–water partition coefficient (Wildman–Crippen LogP) is 1.57. The van der Waals surface area contributed by atoms with Crippen molar-refractivity contribution >= 4 is 23.1 Å². The van der Waals surface area contributed by atoms with Crippen LogP contribution in [-0.4, -0.2) is 47.2 Å². The second-order valence-corrected chi connectivity index (χ2v) is 6.34. The topological polar surface area (TPSA) is 118 Å². The smallest absolute Gasteiger partial charge is 0.295 e. The van der Waals surface area contributed by atoms with Crippen molar-refractivity contribution in [2.45, 2.75) is 13.8 Å². The van der Waals surface area contributed by atoms with Gasteiger partial charge in [0.2, 0.25) is 0 Å². The molecule has 142 valence electrons. The van der Waals surface area contributed by atoms with Crippen LogP contribution >= 0.6 is 0 Å². The van der Waals surface area contributed by atoms with Crippen LogP contribution in [0.25, 0.3) is 0 Å². The number of aryl methyl sites for hydroxylation is 1. The summed E-state index contributed by atoms with van der Waals surface area (Å²) in [5.41, 5.74) is 7.27. The molecule has 0 atom stereocenters. The quantitative estimate of drug-likeness (QED) is 0.637. The van der Waals surface area contributed by atoms with Crippen LogP contribution in [0.5, 0.6) is 0 Å². The zero-order chi connectivity index (χ0) is 19.7. The molecule has 1 saturated heterocycles. The molecule has 1 fully saturated rings. The number of amides is 1. The SMILES string of the molecule is Cc1nnc(N2CCN(c3ccc(F)cc3[N+](=O)[O-])CC2)c(C(N)=O)c1C. The third-order valence-electron chi connectivity index (χ3n) is 4.74. The largest absolute Gasteiger partial charge is 0.365 e. The van der Waals surface area contributed by atoms with Crippen molar-refractivity contribution in [1.29, 1.82) is 0 Å². The van der Waals surface area contributed by atoms with Crippen LogP contribution in [0, 0.1) is 29.8 Å². The number of anilines is 2. The minimum absolute atomic E-state index is 0.271. The number of aromatic nitrogens is 2. The summed E-state index contributed by atoms with van der Waals surface area (Å²) in [7, 11) is 0. The number of primary amides is 1. The lowest BCUT2D eigenvalue weighted by Gasteiger charge is -2.36. The van der Waals surface area contributed by atoms with Gasteiger partial charge in [0.15, 0.2) is 5.82 Å². The van der Waals surface area contributed by atoms with Gasteiger partial charge in [-0.25, -0.2) is 4.39 Å². The fraction of sp³-hybridized carbons (Fsp3) is 0.353. The Morgan fingerprint density at radius 1 is 1.19 bits per heavy atom. The van der Waals surface area contributed by atoms with Gasteiger partial charge in [-0.3, -0.25) is 14.9 Å². The van der Waals surface area contributed by atoms with E-state index in [1.807, 2.05) is 9.80 Å². The summed E-state index contributed by atoms with van der Waals surface area (Å²) in [5, 5.41) is 19.4. The number of benzene rings is 1. The molecule has 1 aliphatic heterocycles. The van der Waals surface area contributed by atoms with Crippen LogP contribution in [0.15, 0.2) is 18.2 Å². The zero-order valence-corrected chi connectivity index (χ0v) is 15.0. The van der Waals surface area contributed by atoms with Crippen molar-refractivity contribution in [1.82, 2.24) is 10.2 Å². The molecule has 1 aromatic carbocycles. The molecule has 1 aliphatic rings. The van der Waals surface area contributed by atoms with Gasteiger partial charge in [0, 0.05) is 26.2 Å². The van der Waals surface area contributed by atoms with E-state index in [1.165, 1.54) is 12.1 Å². The highest BCUT2D eigenvalue weighted by Gasteiger charge is 2.27. The van der Waals surface area contributed by atoms with Gasteiger partial charge in [-0.05, 0) is 31.5 Å². The molecule has 1 amide bonds. The molecule has 2 aromatic rings. The van der Waals surface area contributed by atoms with Crippen molar-refractivity contribution < 1.29 is 14.1 Å². The van der Waals surface area contributed by atoms with Crippen molar-refractivity contribution in [2.24, 2.45) is 5.73 Å². The Morgan fingerprint density at radius 3 is 2.41 bits per heavy atom. The third-order valence-corrected chi connectivity index (χ3v) is 4.74. The summed E-state index contributed by atoms with van der Waals surface area (Å²) >= 11 is 0. The maximum absolute atomic E-state index is 13.4. The van der Waals surface area contributed by atoms with Crippen LogP contribution in [0.2, 0.25) is 0 Å². The van der Waals surface area contributed by atoms with E-state index in [-0.39, 0.29) is 5.69 Å². The first-order valence-corrected chi connectivity index (χ1v) is 8.37. The average molecular weight is 374 g/mol. The Balaban J connectivity index is 1.84. The number of piperazine rings is 1. The number of hydrogen-bond acceptors (Lipinski definition) is 7. The zero-order valence-electron chi connectivity index (χ0n) is 15.0. The van der Waals surface area contributed by atoms with E-state index in [0.717, 1.165) is 6.07 Å². The second-order valence-electron chi connectivity index (χ2n) is 6.34. The number of nitro groups is 1. The van der Waals surface area contributed by atoms with E-state index >= 15 is 0 Å². The number of carbonyl (C=O) groups is 1. The van der Waals surface area contributed by atoms with Crippen LogP contribution in [0.3, 0.4) is 0 Å². The van der Waals surface area contributed by atoms with E-state index in [2.05, 4.69) is 10.2 Å². The lowest BCUT2D eigenvalue weighted by Crippen LogP contribution is -2.47. The fourth-order valence-corrected chi connectivity index (χ4v) is 3.18. The average Bonchev–Trinajstić information content (AvgIpc) is 2.63. The number of nitro benzene ring substituents is 1. The summed E-state index contributed by atoms with van der Waals surface area (Å²) in [6, 6.07) is 3.53. The number of rotatable bonds is 4. The van der Waals surface area contributed by atoms with Crippen molar-refractivity contribution in [2.75, 3.05) is 36.0 Å². The summed E-state index contributed by atoms with van der Waals surface area (Å²) in [6.07, 6.45) is 0. The van der Waals surface area contributed by atoms with Crippen molar-refractivity contribution in [3.05, 3.63) is 51.0 Å². The summed E-state index contributed by atoms with van der Waals surface area (Å²) in [4.78, 5) is 26.2. The summed E-state index contributed by atoms with van der Waals surface area (Å²) < 4.78 is 13.4. The van der Waals surface area contributed by atoms with Gasteiger partial charge < -0.3 is 15.5 Å². The van der Waals surface area contributed by atoms with Crippen LogP contribution in [0.1, 0.15) is 21.6 Å².